The molecule has 1 atom stereocenters. The van der Waals surface area contributed by atoms with Crippen molar-refractivity contribution in [1.29, 1.82) is 0 Å². The van der Waals surface area contributed by atoms with Gasteiger partial charge < -0.3 is 15.3 Å². The molecule has 3 N–H and O–H groups in total. The first-order valence-electron chi connectivity index (χ1n) is 4.67. The predicted molar refractivity (Wildman–Crippen MR) is 54.8 cm³/mol. The average molecular weight is 191 g/mol. The van der Waals surface area contributed by atoms with E-state index in [2.05, 4.69) is 0 Å². The van der Waals surface area contributed by atoms with Gasteiger partial charge >= 0.3 is 0 Å². The summed E-state index contributed by atoms with van der Waals surface area (Å²) in [4.78, 5) is 0. The lowest BCUT2D eigenvalue weighted by molar-refractivity contribution is 0.170. The van der Waals surface area contributed by atoms with Gasteiger partial charge in [-0.05, 0) is 19.0 Å². The third-order valence-electron chi connectivity index (χ3n) is 2.31. The van der Waals surface area contributed by atoms with Gasteiger partial charge in [0.1, 0.15) is 5.58 Å². The predicted octanol–water partition coefficient (Wildman–Crippen LogP) is 1.82. The van der Waals surface area contributed by atoms with Gasteiger partial charge in [-0.15, -0.1) is 0 Å². The Morgan fingerprint density at radius 2 is 2.14 bits per heavy atom. The van der Waals surface area contributed by atoms with Crippen LogP contribution in [0, 0.1) is 0 Å². The summed E-state index contributed by atoms with van der Waals surface area (Å²) >= 11 is 0. The molecular weight excluding hydrogens is 178 g/mol. The van der Waals surface area contributed by atoms with Gasteiger partial charge in [0.2, 0.25) is 0 Å². The number of hydrogen-bond acceptors (Lipinski definition) is 3. The number of rotatable bonds is 3. The quantitative estimate of drug-likeness (QED) is 0.777. The van der Waals surface area contributed by atoms with Crippen LogP contribution in [0.4, 0.5) is 0 Å². The van der Waals surface area contributed by atoms with Crippen molar-refractivity contribution in [2.75, 3.05) is 6.54 Å². The molecule has 0 saturated carbocycles. The van der Waals surface area contributed by atoms with Crippen LogP contribution in [0.5, 0.6) is 0 Å². The number of aliphatic hydroxyl groups excluding tert-OH is 1. The van der Waals surface area contributed by atoms with Gasteiger partial charge in [0.05, 0.1) is 12.4 Å². The van der Waals surface area contributed by atoms with E-state index in [9.17, 15) is 5.11 Å². The lowest BCUT2D eigenvalue weighted by Crippen LogP contribution is -2.06. The van der Waals surface area contributed by atoms with Crippen LogP contribution in [0.1, 0.15) is 18.1 Å². The number of hydrogen-bond donors (Lipinski definition) is 2. The van der Waals surface area contributed by atoms with Crippen molar-refractivity contribution in [2.45, 2.75) is 12.5 Å². The summed E-state index contributed by atoms with van der Waals surface area (Å²) < 4.78 is 5.32. The summed E-state index contributed by atoms with van der Waals surface area (Å²) in [5.41, 5.74) is 7.02. The van der Waals surface area contributed by atoms with E-state index in [1.807, 2.05) is 24.3 Å². The Bertz CT molecular complexity index is 422. The lowest BCUT2D eigenvalue weighted by atomic mass is 10.1. The Labute approximate surface area is 82.1 Å². The molecule has 0 amide bonds. The number of furan rings is 1. The molecule has 1 aromatic heterocycles. The van der Waals surface area contributed by atoms with E-state index in [0.29, 0.717) is 13.0 Å². The summed E-state index contributed by atoms with van der Waals surface area (Å²) in [6.45, 7) is 0.473. The Morgan fingerprint density at radius 1 is 1.36 bits per heavy atom. The molecule has 0 bridgehead atoms. The molecule has 3 nitrogen and oxygen atoms in total. The number of aliphatic hydroxyl groups is 1. The SMILES string of the molecule is NCCC(O)c1coc2ccccc12. The zero-order valence-electron chi connectivity index (χ0n) is 7.81. The third kappa shape index (κ3) is 1.52. The van der Waals surface area contributed by atoms with E-state index in [0.717, 1.165) is 16.5 Å². The van der Waals surface area contributed by atoms with Crippen molar-refractivity contribution in [1.82, 2.24) is 0 Å². The maximum atomic E-state index is 9.77. The summed E-state index contributed by atoms with van der Waals surface area (Å²) in [5, 5.41) is 10.7. The smallest absolute Gasteiger partial charge is 0.134 e. The van der Waals surface area contributed by atoms with E-state index in [1.165, 1.54) is 0 Å². The van der Waals surface area contributed by atoms with Crippen molar-refractivity contribution in [2.24, 2.45) is 5.73 Å². The van der Waals surface area contributed by atoms with Crippen LogP contribution in [-0.2, 0) is 0 Å². The highest BCUT2D eigenvalue weighted by Gasteiger charge is 2.12. The maximum Gasteiger partial charge on any atom is 0.134 e. The van der Waals surface area contributed by atoms with Gasteiger partial charge in [-0.3, -0.25) is 0 Å². The van der Waals surface area contributed by atoms with E-state index < -0.39 is 6.10 Å². The summed E-state index contributed by atoms with van der Waals surface area (Å²) in [5.74, 6) is 0. The first-order valence-corrected chi connectivity index (χ1v) is 4.67. The fourth-order valence-electron chi connectivity index (χ4n) is 1.57. The average Bonchev–Trinajstić information content (AvgIpc) is 2.61. The second-order valence-electron chi connectivity index (χ2n) is 3.28. The largest absolute Gasteiger partial charge is 0.464 e. The maximum absolute atomic E-state index is 9.77. The molecule has 2 rings (SSSR count). The van der Waals surface area contributed by atoms with Crippen LogP contribution in [0.2, 0.25) is 0 Å². The molecule has 2 aromatic rings. The van der Waals surface area contributed by atoms with Crippen molar-refractivity contribution < 1.29 is 9.52 Å². The zero-order chi connectivity index (χ0) is 9.97. The van der Waals surface area contributed by atoms with E-state index in [4.69, 9.17) is 10.2 Å². The third-order valence-corrected chi connectivity index (χ3v) is 2.31. The summed E-state index contributed by atoms with van der Waals surface area (Å²) in [6, 6.07) is 7.66. The highest BCUT2D eigenvalue weighted by molar-refractivity contribution is 5.81. The fraction of sp³-hybridized carbons (Fsp3) is 0.273. The van der Waals surface area contributed by atoms with Crippen molar-refractivity contribution in [3.8, 4) is 0 Å². The van der Waals surface area contributed by atoms with Crippen LogP contribution in [-0.4, -0.2) is 11.7 Å². The molecule has 74 valence electrons. The second kappa shape index (κ2) is 3.82. The van der Waals surface area contributed by atoms with Crippen LogP contribution in [0.15, 0.2) is 34.9 Å². The standard InChI is InChI=1S/C11H13NO2/c12-6-5-10(13)9-7-14-11-4-2-1-3-8(9)11/h1-4,7,10,13H,5-6,12H2. The van der Waals surface area contributed by atoms with Gasteiger partial charge in [0, 0.05) is 10.9 Å². The molecule has 0 radical (unpaired) electrons. The molecule has 0 fully saturated rings. The minimum atomic E-state index is -0.524. The van der Waals surface area contributed by atoms with Crippen molar-refractivity contribution in [3.05, 3.63) is 36.1 Å². The van der Waals surface area contributed by atoms with Crippen LogP contribution in [0.25, 0.3) is 11.0 Å². The van der Waals surface area contributed by atoms with Crippen LogP contribution in [0.3, 0.4) is 0 Å². The molecule has 0 saturated heterocycles. The molecule has 1 unspecified atom stereocenters. The van der Waals surface area contributed by atoms with Gasteiger partial charge in [-0.1, -0.05) is 18.2 Å². The van der Waals surface area contributed by atoms with Crippen molar-refractivity contribution >= 4 is 11.0 Å². The number of benzene rings is 1. The van der Waals surface area contributed by atoms with Crippen LogP contribution >= 0.6 is 0 Å². The zero-order valence-corrected chi connectivity index (χ0v) is 7.81. The highest BCUT2D eigenvalue weighted by atomic mass is 16.3. The second-order valence-corrected chi connectivity index (χ2v) is 3.28. The molecular formula is C11H13NO2. The van der Waals surface area contributed by atoms with Gasteiger partial charge in [-0.25, -0.2) is 0 Å². The Balaban J connectivity index is 2.42. The summed E-state index contributed by atoms with van der Waals surface area (Å²) in [6.07, 6.45) is 1.64. The molecule has 3 heteroatoms. The Hall–Kier alpha value is -1.32. The first kappa shape index (κ1) is 9.24. The molecule has 1 aromatic carbocycles. The monoisotopic (exact) mass is 191 g/mol. The molecule has 1 heterocycles. The normalized spacial score (nSPS) is 13.3. The molecule has 0 aliphatic carbocycles. The Morgan fingerprint density at radius 3 is 2.93 bits per heavy atom. The van der Waals surface area contributed by atoms with Gasteiger partial charge in [0.25, 0.3) is 0 Å². The Kier molecular flexibility index (Phi) is 2.52. The minimum Gasteiger partial charge on any atom is -0.464 e. The summed E-state index contributed by atoms with van der Waals surface area (Å²) in [7, 11) is 0. The number of fused-ring (bicyclic) bond motifs is 1. The van der Waals surface area contributed by atoms with E-state index >= 15 is 0 Å². The lowest BCUT2D eigenvalue weighted by Gasteiger charge is -2.06. The fourth-order valence-corrected chi connectivity index (χ4v) is 1.57. The minimum absolute atomic E-state index is 0.473. The molecule has 14 heavy (non-hydrogen) atoms. The molecule has 0 spiro atoms. The molecule has 0 aliphatic rings. The topological polar surface area (TPSA) is 59.4 Å². The van der Waals surface area contributed by atoms with E-state index in [-0.39, 0.29) is 0 Å². The van der Waals surface area contributed by atoms with Crippen LogP contribution < -0.4 is 5.73 Å². The van der Waals surface area contributed by atoms with E-state index in [1.54, 1.807) is 6.26 Å². The number of para-hydroxylation sites is 1. The van der Waals surface area contributed by atoms with Gasteiger partial charge in [0.15, 0.2) is 0 Å². The highest BCUT2D eigenvalue weighted by Crippen LogP contribution is 2.27. The first-order chi connectivity index (χ1) is 6.83. The van der Waals surface area contributed by atoms with Crippen molar-refractivity contribution in [3.63, 3.8) is 0 Å². The molecule has 0 aliphatic heterocycles. The number of nitrogens with two attached hydrogens (primary N) is 1. The van der Waals surface area contributed by atoms with Gasteiger partial charge in [-0.2, -0.15) is 0 Å².